The number of ether oxygens (including phenoxy) is 2. The molecule has 1 N–H and O–H groups in total. The van der Waals surface area contributed by atoms with Crippen LogP contribution >= 0.6 is 11.6 Å². The summed E-state index contributed by atoms with van der Waals surface area (Å²) < 4.78 is 11.9. The maximum atomic E-state index is 13.1. The number of allylic oxidation sites excluding steroid dienone is 4. The van der Waals surface area contributed by atoms with Gasteiger partial charge in [-0.2, -0.15) is 0 Å². The number of esters is 2. The van der Waals surface area contributed by atoms with E-state index in [1.54, 1.807) is 6.08 Å². The van der Waals surface area contributed by atoms with Crippen LogP contribution < -0.4 is 0 Å². The highest BCUT2D eigenvalue weighted by Crippen LogP contribution is 2.72. The van der Waals surface area contributed by atoms with Crippen molar-refractivity contribution in [1.29, 1.82) is 0 Å². The number of carboxylic acid groups (broad SMARTS) is 1. The van der Waals surface area contributed by atoms with Crippen LogP contribution in [0.1, 0.15) is 66.2 Å². The van der Waals surface area contributed by atoms with Gasteiger partial charge in [-0.15, -0.1) is 0 Å². The second-order valence-electron chi connectivity index (χ2n) is 12.0. The summed E-state index contributed by atoms with van der Waals surface area (Å²) in [6, 6.07) is 0. The van der Waals surface area contributed by atoms with Crippen molar-refractivity contribution >= 4 is 41.1 Å². The molecule has 5 rings (SSSR count). The molecule has 8 nitrogen and oxygen atoms in total. The second-order valence-corrected chi connectivity index (χ2v) is 12.4. The molecule has 0 heterocycles. The first-order chi connectivity index (χ1) is 17.3. The van der Waals surface area contributed by atoms with Crippen molar-refractivity contribution in [1.82, 2.24) is 0 Å². The van der Waals surface area contributed by atoms with Gasteiger partial charge in [-0.1, -0.05) is 31.5 Å². The number of carbonyl (C=O) groups excluding carboxylic acids is 4. The molecule has 0 saturated heterocycles. The first-order valence-corrected chi connectivity index (χ1v) is 13.4. The number of aliphatic carboxylic acids is 1. The van der Waals surface area contributed by atoms with E-state index in [4.69, 9.17) is 26.2 Å². The van der Waals surface area contributed by atoms with Crippen molar-refractivity contribution in [3.05, 3.63) is 22.8 Å². The van der Waals surface area contributed by atoms with Gasteiger partial charge in [-0.3, -0.25) is 24.0 Å². The van der Waals surface area contributed by atoms with E-state index in [1.165, 1.54) is 13.8 Å². The lowest BCUT2D eigenvalue weighted by molar-refractivity contribution is -0.201. The van der Waals surface area contributed by atoms with Crippen LogP contribution in [0.4, 0.5) is 0 Å². The molecule has 9 heteroatoms. The highest BCUT2D eigenvalue weighted by molar-refractivity contribution is 6.32. The predicted molar refractivity (Wildman–Crippen MR) is 131 cm³/mol. The van der Waals surface area contributed by atoms with Crippen molar-refractivity contribution in [2.24, 2.45) is 40.4 Å². The van der Waals surface area contributed by atoms with Crippen LogP contribution in [-0.2, 0) is 33.4 Å². The largest absolute Gasteiger partial charge is 0.481 e. The number of ketones is 2. The number of Topliss-reactive ketones (excluding diaryl/α,β-unsaturated/α-hetero) is 1. The second kappa shape index (κ2) is 8.52. The molecular formula is C28H33ClO8. The van der Waals surface area contributed by atoms with Gasteiger partial charge in [0.2, 0.25) is 0 Å². The van der Waals surface area contributed by atoms with E-state index in [1.807, 2.05) is 13.0 Å². The molecular weight excluding hydrogens is 500 g/mol. The number of carbonyl (C=O) groups is 5. The first-order valence-electron chi connectivity index (χ1n) is 13.0. The summed E-state index contributed by atoms with van der Waals surface area (Å²) in [5.41, 5.74) is -1.94. The maximum Gasteiger partial charge on any atom is 0.306 e. The molecule has 0 aliphatic heterocycles. The number of rotatable bonds is 6. The zero-order valence-corrected chi connectivity index (χ0v) is 22.3. The number of hydrogen-bond acceptors (Lipinski definition) is 7. The molecule has 5 aliphatic carbocycles. The lowest BCUT2D eigenvalue weighted by Crippen LogP contribution is -2.63. The monoisotopic (exact) mass is 532 g/mol. The third kappa shape index (κ3) is 3.65. The molecule has 3 fully saturated rings. The summed E-state index contributed by atoms with van der Waals surface area (Å²) in [7, 11) is 0. The molecule has 0 bridgehead atoms. The van der Waals surface area contributed by atoms with Gasteiger partial charge >= 0.3 is 17.9 Å². The predicted octanol–water partition coefficient (Wildman–Crippen LogP) is 3.99. The lowest BCUT2D eigenvalue weighted by Gasteiger charge is -2.60. The Hall–Kier alpha value is -2.48. The minimum absolute atomic E-state index is 0.0725. The fourth-order valence-corrected chi connectivity index (χ4v) is 9.05. The molecule has 0 aromatic carbocycles. The Morgan fingerprint density at radius 2 is 1.84 bits per heavy atom. The fraction of sp³-hybridized carbons (Fsp3) is 0.679. The molecule has 5 aliphatic rings. The van der Waals surface area contributed by atoms with E-state index in [-0.39, 0.29) is 60.4 Å². The Balaban J connectivity index is 1.63. The van der Waals surface area contributed by atoms with Crippen LogP contribution in [0.25, 0.3) is 0 Å². The Morgan fingerprint density at radius 1 is 1.14 bits per heavy atom. The molecule has 200 valence electrons. The first kappa shape index (κ1) is 26.1. The number of hydrogen-bond donors (Lipinski definition) is 1. The Kier molecular flexibility index (Phi) is 6.02. The highest BCUT2D eigenvalue weighted by Gasteiger charge is 2.73. The SMILES string of the molecule is CC(=O)O[C@]1(C(C)=O)CC[C@H]2[C@@H]3C=C(Cl)C4=CC(=O)[C@@H]5C[C@@H]5[C@]4(C)[C@H]3[C@H](OC(=O)CCC(=O)O)C[C@@]21C. The average Bonchev–Trinajstić information content (AvgIpc) is 3.55. The van der Waals surface area contributed by atoms with Gasteiger partial charge in [0.15, 0.2) is 17.2 Å². The molecule has 0 aromatic heterocycles. The standard InChI is InChI=1S/C28H33ClO8/c1-13(30)28(37-14(2)31)8-7-17-16-10-20(29)19-11-21(32)15-9-18(15)27(19,4)25(16)22(12-26(17,28)3)36-24(35)6-5-23(33)34/h10-11,15-18,22,25H,5-9,12H2,1-4H3,(H,33,34)/t15-,16+,17+,18+,22-,25-,26+,27+,28+/m1/s1. The number of fused-ring (bicyclic) bond motifs is 7. The van der Waals surface area contributed by atoms with Gasteiger partial charge in [-0.05, 0) is 62.0 Å². The van der Waals surface area contributed by atoms with E-state index in [0.29, 0.717) is 17.9 Å². The molecule has 0 unspecified atom stereocenters. The van der Waals surface area contributed by atoms with Gasteiger partial charge in [-0.25, -0.2) is 0 Å². The molecule has 3 saturated carbocycles. The van der Waals surface area contributed by atoms with E-state index >= 15 is 0 Å². The summed E-state index contributed by atoms with van der Waals surface area (Å²) in [5.74, 6) is -2.90. The molecule has 0 aromatic rings. The summed E-state index contributed by atoms with van der Waals surface area (Å²) in [4.78, 5) is 62.0. The van der Waals surface area contributed by atoms with E-state index in [9.17, 15) is 24.0 Å². The summed E-state index contributed by atoms with van der Waals surface area (Å²) in [6.07, 6.45) is 4.31. The maximum absolute atomic E-state index is 13.1. The molecule has 9 atom stereocenters. The van der Waals surface area contributed by atoms with Gasteiger partial charge in [0.25, 0.3) is 0 Å². The Bertz CT molecular complexity index is 1170. The normalized spacial score (nSPS) is 43.2. The smallest absolute Gasteiger partial charge is 0.306 e. The van der Waals surface area contributed by atoms with Crippen LogP contribution in [-0.4, -0.2) is 46.3 Å². The van der Waals surface area contributed by atoms with Crippen LogP contribution in [0.5, 0.6) is 0 Å². The third-order valence-corrected chi connectivity index (χ3v) is 10.6. The fourth-order valence-electron chi connectivity index (χ4n) is 8.65. The number of halogens is 1. The lowest BCUT2D eigenvalue weighted by atomic mass is 9.46. The van der Waals surface area contributed by atoms with Gasteiger partial charge in [0.1, 0.15) is 6.10 Å². The van der Waals surface area contributed by atoms with E-state index in [0.717, 1.165) is 12.0 Å². The minimum Gasteiger partial charge on any atom is -0.481 e. The van der Waals surface area contributed by atoms with Gasteiger partial charge < -0.3 is 14.6 Å². The van der Waals surface area contributed by atoms with Crippen molar-refractivity contribution in [3.8, 4) is 0 Å². The van der Waals surface area contributed by atoms with Gasteiger partial charge in [0.05, 0.1) is 12.8 Å². The average molecular weight is 533 g/mol. The van der Waals surface area contributed by atoms with Crippen LogP contribution in [0.15, 0.2) is 22.8 Å². The van der Waals surface area contributed by atoms with E-state index in [2.05, 4.69) is 6.92 Å². The zero-order chi connectivity index (χ0) is 27.1. The topological polar surface area (TPSA) is 124 Å². The van der Waals surface area contributed by atoms with Crippen LogP contribution in [0.3, 0.4) is 0 Å². The summed E-state index contributed by atoms with van der Waals surface area (Å²) in [6.45, 7) is 6.76. The van der Waals surface area contributed by atoms with Crippen LogP contribution in [0, 0.1) is 40.4 Å². The summed E-state index contributed by atoms with van der Waals surface area (Å²) in [5, 5.41) is 9.58. The van der Waals surface area contributed by atoms with Gasteiger partial charge in [0, 0.05) is 34.6 Å². The molecule has 0 radical (unpaired) electrons. The molecule has 0 spiro atoms. The van der Waals surface area contributed by atoms with Crippen LogP contribution in [0.2, 0.25) is 0 Å². The minimum atomic E-state index is -1.36. The highest BCUT2D eigenvalue weighted by atomic mass is 35.5. The van der Waals surface area contributed by atoms with Crippen molar-refractivity contribution in [3.63, 3.8) is 0 Å². The van der Waals surface area contributed by atoms with E-state index < -0.39 is 40.4 Å². The van der Waals surface area contributed by atoms with Crippen molar-refractivity contribution < 1.29 is 38.6 Å². The summed E-state index contributed by atoms with van der Waals surface area (Å²) >= 11 is 6.86. The Morgan fingerprint density at radius 3 is 2.46 bits per heavy atom. The number of carboxylic acids is 1. The third-order valence-electron chi connectivity index (χ3n) is 10.2. The van der Waals surface area contributed by atoms with Crippen molar-refractivity contribution in [2.45, 2.75) is 77.9 Å². The van der Waals surface area contributed by atoms with Crippen molar-refractivity contribution in [2.75, 3.05) is 0 Å². The molecule has 0 amide bonds. The Labute approximate surface area is 220 Å². The quantitative estimate of drug-likeness (QED) is 0.509. The molecule has 37 heavy (non-hydrogen) atoms. The zero-order valence-electron chi connectivity index (χ0n) is 21.5.